The molecular formula is C25H22N6O2. The molecule has 0 spiro atoms. The predicted molar refractivity (Wildman–Crippen MR) is 122 cm³/mol. The van der Waals surface area contributed by atoms with Crippen LogP contribution in [0.2, 0.25) is 0 Å². The van der Waals surface area contributed by atoms with Gasteiger partial charge in [0.05, 0.1) is 22.7 Å². The highest BCUT2D eigenvalue weighted by atomic mass is 16.1. The van der Waals surface area contributed by atoms with Gasteiger partial charge in [0, 0.05) is 18.5 Å². The molecule has 4 aromatic rings. The van der Waals surface area contributed by atoms with E-state index in [4.69, 9.17) is 0 Å². The zero-order chi connectivity index (χ0) is 22.9. The highest BCUT2D eigenvalue weighted by molar-refractivity contribution is 6.02. The lowest BCUT2D eigenvalue weighted by Gasteiger charge is -2.13. The number of nitriles is 1. The van der Waals surface area contributed by atoms with Crippen LogP contribution in [0.4, 0.5) is 0 Å². The minimum Gasteiger partial charge on any atom is -0.313 e. The van der Waals surface area contributed by atoms with E-state index >= 15 is 0 Å². The summed E-state index contributed by atoms with van der Waals surface area (Å²) in [7, 11) is 0. The van der Waals surface area contributed by atoms with E-state index in [-0.39, 0.29) is 11.3 Å². The summed E-state index contributed by atoms with van der Waals surface area (Å²) in [5.74, 6) is 0.448. The summed E-state index contributed by atoms with van der Waals surface area (Å²) < 4.78 is 3.45. The maximum absolute atomic E-state index is 13.2. The summed E-state index contributed by atoms with van der Waals surface area (Å²) in [6.45, 7) is 2.49. The summed E-state index contributed by atoms with van der Waals surface area (Å²) in [6.07, 6.45) is 3.92. The molecule has 1 aliphatic rings. The number of fused-ring (bicyclic) bond motifs is 2. The molecule has 1 unspecified atom stereocenters. The van der Waals surface area contributed by atoms with Gasteiger partial charge in [0.2, 0.25) is 0 Å². The molecule has 1 atom stereocenters. The zero-order valence-electron chi connectivity index (χ0n) is 18.2. The first-order valence-corrected chi connectivity index (χ1v) is 11.0. The summed E-state index contributed by atoms with van der Waals surface area (Å²) in [4.78, 5) is 30.8. The third kappa shape index (κ3) is 3.61. The molecule has 33 heavy (non-hydrogen) atoms. The number of Topliss-reactive ketones (excluding diaryl/α,β-unsaturated/α-hetero) is 1. The number of carbonyl (C=O) groups excluding carboxylic acids is 1. The number of hydrogen-bond acceptors (Lipinski definition) is 6. The van der Waals surface area contributed by atoms with Gasteiger partial charge in [-0.05, 0) is 56.2 Å². The second-order valence-electron chi connectivity index (χ2n) is 8.23. The molecule has 3 heterocycles. The molecule has 0 saturated carbocycles. The average Bonchev–Trinajstić information content (AvgIpc) is 3.07. The Morgan fingerprint density at radius 1 is 1.06 bits per heavy atom. The van der Waals surface area contributed by atoms with Crippen LogP contribution in [-0.4, -0.2) is 30.1 Å². The smallest absolute Gasteiger partial charge is 0.265 e. The lowest BCUT2D eigenvalue weighted by molar-refractivity contribution is 0.0974. The van der Waals surface area contributed by atoms with Crippen LogP contribution in [0.25, 0.3) is 16.6 Å². The molecule has 2 aromatic carbocycles. The van der Waals surface area contributed by atoms with Crippen LogP contribution in [0, 0.1) is 18.3 Å². The van der Waals surface area contributed by atoms with Crippen LogP contribution in [0.1, 0.15) is 53.0 Å². The fourth-order valence-corrected chi connectivity index (χ4v) is 4.44. The van der Waals surface area contributed by atoms with Gasteiger partial charge in [0.25, 0.3) is 5.56 Å². The molecule has 164 valence electrons. The number of rotatable bonds is 4. The molecule has 0 fully saturated rings. The lowest BCUT2D eigenvalue weighted by atomic mass is 9.97. The van der Waals surface area contributed by atoms with Crippen molar-refractivity contribution in [3.63, 3.8) is 0 Å². The van der Waals surface area contributed by atoms with Crippen molar-refractivity contribution in [3.8, 4) is 11.8 Å². The van der Waals surface area contributed by atoms with E-state index in [0.29, 0.717) is 33.8 Å². The van der Waals surface area contributed by atoms with Crippen LogP contribution in [-0.2, 0) is 13.0 Å². The van der Waals surface area contributed by atoms with Crippen molar-refractivity contribution in [1.29, 1.82) is 5.26 Å². The topological polar surface area (TPSA) is 106 Å². The monoisotopic (exact) mass is 438 g/mol. The van der Waals surface area contributed by atoms with Crippen molar-refractivity contribution in [2.45, 2.75) is 45.1 Å². The molecule has 5 rings (SSSR count). The zero-order valence-corrected chi connectivity index (χ0v) is 18.2. The standard InChI is InChI=1S/C25H22N6O2/c1-16-27-21-8-5-4-7-19(21)25(33)31(16)18-12-10-17(11-13-18)23(32)20(15-26)24-29-28-22-9-3-2-6-14-30(22)24/h4-5,7-8,10-13,20H,2-3,6,9,14H2,1H3. The minimum absolute atomic E-state index is 0.168. The molecule has 0 amide bonds. The summed E-state index contributed by atoms with van der Waals surface area (Å²) >= 11 is 0. The van der Waals surface area contributed by atoms with Crippen molar-refractivity contribution in [3.05, 3.63) is 81.9 Å². The second-order valence-corrected chi connectivity index (χ2v) is 8.23. The third-order valence-electron chi connectivity index (χ3n) is 6.14. The maximum atomic E-state index is 13.2. The van der Waals surface area contributed by atoms with Crippen LogP contribution < -0.4 is 5.56 Å². The summed E-state index contributed by atoms with van der Waals surface area (Å²) in [5.41, 5.74) is 1.47. The van der Waals surface area contributed by atoms with Gasteiger partial charge in [0.1, 0.15) is 11.6 Å². The van der Waals surface area contributed by atoms with Gasteiger partial charge in [-0.3, -0.25) is 14.2 Å². The predicted octanol–water partition coefficient (Wildman–Crippen LogP) is 3.50. The quantitative estimate of drug-likeness (QED) is 0.452. The molecule has 8 heteroatoms. The normalized spacial score (nSPS) is 14.3. The Hall–Kier alpha value is -4.12. The highest BCUT2D eigenvalue weighted by Crippen LogP contribution is 2.24. The number of benzene rings is 2. The lowest BCUT2D eigenvalue weighted by Crippen LogP contribution is -2.22. The van der Waals surface area contributed by atoms with Crippen LogP contribution in [0.3, 0.4) is 0 Å². The Bertz CT molecular complexity index is 1460. The number of ketones is 1. The Morgan fingerprint density at radius 2 is 1.85 bits per heavy atom. The van der Waals surface area contributed by atoms with Crippen molar-refractivity contribution < 1.29 is 4.79 Å². The molecule has 8 nitrogen and oxygen atoms in total. The van der Waals surface area contributed by atoms with E-state index in [2.05, 4.69) is 21.3 Å². The van der Waals surface area contributed by atoms with E-state index in [1.54, 1.807) is 43.3 Å². The molecule has 0 saturated heterocycles. The molecule has 0 aliphatic carbocycles. The van der Waals surface area contributed by atoms with Crippen LogP contribution >= 0.6 is 0 Å². The molecule has 2 aromatic heterocycles. The number of para-hydroxylation sites is 1. The number of hydrogen-bond donors (Lipinski definition) is 0. The van der Waals surface area contributed by atoms with E-state index in [0.717, 1.165) is 38.1 Å². The molecule has 1 aliphatic heterocycles. The minimum atomic E-state index is -1.03. The van der Waals surface area contributed by atoms with Gasteiger partial charge < -0.3 is 4.57 Å². The second kappa shape index (κ2) is 8.43. The van der Waals surface area contributed by atoms with Gasteiger partial charge in [-0.15, -0.1) is 10.2 Å². The van der Waals surface area contributed by atoms with Gasteiger partial charge in [-0.2, -0.15) is 5.26 Å². The molecule has 0 radical (unpaired) electrons. The third-order valence-corrected chi connectivity index (χ3v) is 6.14. The molecule has 0 bridgehead atoms. The molecule has 0 N–H and O–H groups in total. The van der Waals surface area contributed by atoms with Gasteiger partial charge in [0.15, 0.2) is 17.5 Å². The van der Waals surface area contributed by atoms with Crippen molar-refractivity contribution in [2.24, 2.45) is 0 Å². The Labute approximate surface area is 190 Å². The van der Waals surface area contributed by atoms with Crippen molar-refractivity contribution in [1.82, 2.24) is 24.3 Å². The van der Waals surface area contributed by atoms with Crippen molar-refractivity contribution >= 4 is 16.7 Å². The highest BCUT2D eigenvalue weighted by Gasteiger charge is 2.29. The Balaban J connectivity index is 1.48. The largest absolute Gasteiger partial charge is 0.313 e. The van der Waals surface area contributed by atoms with Gasteiger partial charge in [-0.25, -0.2) is 4.98 Å². The molecular weight excluding hydrogens is 416 g/mol. The van der Waals surface area contributed by atoms with Gasteiger partial charge >= 0.3 is 0 Å². The summed E-state index contributed by atoms with van der Waals surface area (Å²) in [6, 6.07) is 16.0. The number of nitrogens with zero attached hydrogens (tertiary/aromatic N) is 6. The SMILES string of the molecule is Cc1nc2ccccc2c(=O)n1-c1ccc(C(=O)C(C#N)c2nnc3n2CCCCC3)cc1. The van der Waals surface area contributed by atoms with E-state index in [9.17, 15) is 14.9 Å². The van der Waals surface area contributed by atoms with Crippen molar-refractivity contribution in [2.75, 3.05) is 0 Å². The first kappa shape index (κ1) is 20.8. The maximum Gasteiger partial charge on any atom is 0.265 e. The van der Waals surface area contributed by atoms with E-state index < -0.39 is 5.92 Å². The average molecular weight is 438 g/mol. The Morgan fingerprint density at radius 3 is 2.64 bits per heavy atom. The van der Waals surface area contributed by atoms with E-state index in [1.165, 1.54) is 4.57 Å². The first-order chi connectivity index (χ1) is 16.1. The summed E-state index contributed by atoms with van der Waals surface area (Å²) in [5, 5.41) is 18.7. The van der Waals surface area contributed by atoms with Crippen LogP contribution in [0.15, 0.2) is 53.3 Å². The van der Waals surface area contributed by atoms with Crippen LogP contribution in [0.5, 0.6) is 0 Å². The fourth-order valence-electron chi connectivity index (χ4n) is 4.44. The number of aryl methyl sites for hydroxylation is 2. The number of aromatic nitrogens is 5. The first-order valence-electron chi connectivity index (χ1n) is 11.0. The Kier molecular flexibility index (Phi) is 5.31. The van der Waals surface area contributed by atoms with Gasteiger partial charge in [-0.1, -0.05) is 18.6 Å². The fraction of sp³-hybridized carbons (Fsp3) is 0.280. The number of carbonyl (C=O) groups is 1. The van der Waals surface area contributed by atoms with E-state index in [1.807, 2.05) is 16.7 Å².